The number of nitrogens with one attached hydrogen (secondary N) is 2. The maximum Gasteiger partial charge on any atom is 0.252 e. The number of primary amides is 1. The van der Waals surface area contributed by atoms with Crippen LogP contribution in [0.3, 0.4) is 0 Å². The first-order chi connectivity index (χ1) is 15.5. The van der Waals surface area contributed by atoms with Crippen molar-refractivity contribution in [2.24, 2.45) is 5.73 Å². The lowest BCUT2D eigenvalue weighted by Crippen LogP contribution is -2.15. The minimum absolute atomic E-state index is 0.181. The second-order valence-electron chi connectivity index (χ2n) is 7.19. The molecule has 4 N–H and O–H groups in total. The number of carbonyl (C=O) groups excluding carboxylic acids is 1. The number of halogens is 1. The maximum atomic E-state index is 13.7. The highest BCUT2D eigenvalue weighted by Crippen LogP contribution is 2.27. The predicted octanol–water partition coefficient (Wildman–Crippen LogP) is 5.91. The van der Waals surface area contributed by atoms with E-state index in [1.165, 1.54) is 12.1 Å². The number of aromatic nitrogens is 1. The van der Waals surface area contributed by atoms with Gasteiger partial charge in [-0.1, -0.05) is 18.2 Å². The first-order valence-corrected chi connectivity index (χ1v) is 9.90. The van der Waals surface area contributed by atoms with Gasteiger partial charge >= 0.3 is 0 Å². The molecule has 7 heteroatoms. The van der Waals surface area contributed by atoms with Gasteiger partial charge in [0.1, 0.15) is 23.1 Å². The fourth-order valence-corrected chi connectivity index (χ4v) is 3.16. The molecule has 0 unspecified atom stereocenters. The van der Waals surface area contributed by atoms with Gasteiger partial charge in [-0.2, -0.15) is 0 Å². The number of pyridine rings is 1. The van der Waals surface area contributed by atoms with Crippen LogP contribution in [0.25, 0.3) is 0 Å². The van der Waals surface area contributed by atoms with Gasteiger partial charge in [-0.3, -0.25) is 4.79 Å². The van der Waals surface area contributed by atoms with Crippen LogP contribution in [-0.2, 0) is 0 Å². The highest BCUT2D eigenvalue weighted by atomic mass is 19.1. The Kier molecular flexibility index (Phi) is 5.98. The Hall–Kier alpha value is -4.39. The lowest BCUT2D eigenvalue weighted by molar-refractivity contribution is 0.100. The average Bonchev–Trinajstić information content (AvgIpc) is 2.76. The second-order valence-corrected chi connectivity index (χ2v) is 7.19. The van der Waals surface area contributed by atoms with Crippen molar-refractivity contribution in [1.82, 2.24) is 4.98 Å². The van der Waals surface area contributed by atoms with Gasteiger partial charge in [-0.05, 0) is 73.2 Å². The zero-order valence-corrected chi connectivity index (χ0v) is 17.3. The average molecular weight is 428 g/mol. The van der Waals surface area contributed by atoms with Crippen molar-refractivity contribution in [1.29, 1.82) is 0 Å². The minimum Gasteiger partial charge on any atom is -0.457 e. The number of carbonyl (C=O) groups is 1. The molecule has 32 heavy (non-hydrogen) atoms. The molecule has 1 amide bonds. The van der Waals surface area contributed by atoms with Crippen molar-refractivity contribution in [2.75, 3.05) is 10.6 Å². The molecule has 4 rings (SSSR count). The van der Waals surface area contributed by atoms with E-state index in [1.807, 2.05) is 54.6 Å². The Balaban J connectivity index is 1.50. The summed E-state index contributed by atoms with van der Waals surface area (Å²) in [6, 6.07) is 22.9. The molecule has 1 heterocycles. The second kappa shape index (κ2) is 9.18. The fourth-order valence-electron chi connectivity index (χ4n) is 3.16. The van der Waals surface area contributed by atoms with E-state index in [0.29, 0.717) is 17.1 Å². The van der Waals surface area contributed by atoms with Crippen molar-refractivity contribution in [2.45, 2.75) is 6.92 Å². The quantitative estimate of drug-likeness (QED) is 0.341. The van der Waals surface area contributed by atoms with E-state index in [2.05, 4.69) is 15.6 Å². The maximum absolute atomic E-state index is 13.7. The number of anilines is 4. The zero-order chi connectivity index (χ0) is 22.5. The Morgan fingerprint density at radius 1 is 0.875 bits per heavy atom. The van der Waals surface area contributed by atoms with Crippen molar-refractivity contribution in [3.05, 3.63) is 102 Å². The molecule has 0 radical (unpaired) electrons. The van der Waals surface area contributed by atoms with E-state index >= 15 is 0 Å². The van der Waals surface area contributed by atoms with Gasteiger partial charge in [-0.15, -0.1) is 0 Å². The molecule has 0 aliphatic carbocycles. The van der Waals surface area contributed by atoms with Gasteiger partial charge in [0, 0.05) is 11.4 Å². The Morgan fingerprint density at radius 2 is 1.59 bits per heavy atom. The molecule has 0 atom stereocenters. The van der Waals surface area contributed by atoms with Crippen molar-refractivity contribution >= 4 is 28.8 Å². The molecule has 160 valence electrons. The molecule has 0 saturated carbocycles. The van der Waals surface area contributed by atoms with Crippen LogP contribution in [0, 0.1) is 12.7 Å². The third-order valence-electron chi connectivity index (χ3n) is 4.58. The number of benzene rings is 3. The Labute approximate surface area is 184 Å². The van der Waals surface area contributed by atoms with Gasteiger partial charge in [0.2, 0.25) is 0 Å². The molecular formula is C25H21FN4O2. The van der Waals surface area contributed by atoms with Gasteiger partial charge in [0.25, 0.3) is 5.91 Å². The number of hydrogen-bond donors (Lipinski definition) is 3. The predicted molar refractivity (Wildman–Crippen MR) is 123 cm³/mol. The molecule has 4 aromatic rings. The van der Waals surface area contributed by atoms with E-state index < -0.39 is 5.91 Å². The third kappa shape index (κ3) is 5.20. The number of nitrogens with zero attached hydrogens (tertiary/aromatic N) is 1. The van der Waals surface area contributed by atoms with E-state index in [9.17, 15) is 9.18 Å². The van der Waals surface area contributed by atoms with Crippen molar-refractivity contribution in [3.8, 4) is 11.5 Å². The first-order valence-electron chi connectivity index (χ1n) is 9.90. The summed E-state index contributed by atoms with van der Waals surface area (Å²) in [5.41, 5.74) is 8.31. The van der Waals surface area contributed by atoms with Crippen molar-refractivity contribution < 1.29 is 13.9 Å². The summed E-state index contributed by atoms with van der Waals surface area (Å²) in [5.74, 6) is 0.664. The summed E-state index contributed by atoms with van der Waals surface area (Å²) in [6.45, 7) is 1.78. The number of rotatable bonds is 7. The normalized spacial score (nSPS) is 10.4. The number of hydrogen-bond acceptors (Lipinski definition) is 5. The van der Waals surface area contributed by atoms with Gasteiger partial charge in [0.15, 0.2) is 0 Å². The van der Waals surface area contributed by atoms with Crippen LogP contribution in [0.15, 0.2) is 85.1 Å². The monoisotopic (exact) mass is 428 g/mol. The van der Waals surface area contributed by atoms with E-state index in [4.69, 9.17) is 10.5 Å². The molecule has 0 saturated heterocycles. The van der Waals surface area contributed by atoms with E-state index in [-0.39, 0.29) is 17.2 Å². The summed E-state index contributed by atoms with van der Waals surface area (Å²) >= 11 is 0. The summed E-state index contributed by atoms with van der Waals surface area (Å²) in [6.07, 6.45) is 1.56. The van der Waals surface area contributed by atoms with Gasteiger partial charge in [-0.25, -0.2) is 9.37 Å². The summed E-state index contributed by atoms with van der Waals surface area (Å²) < 4.78 is 19.5. The topological polar surface area (TPSA) is 89.3 Å². The first kappa shape index (κ1) is 20.9. The van der Waals surface area contributed by atoms with Gasteiger partial charge < -0.3 is 21.1 Å². The summed E-state index contributed by atoms with van der Waals surface area (Å²) in [5, 5.41) is 6.15. The minimum atomic E-state index is -0.650. The molecule has 0 spiro atoms. The summed E-state index contributed by atoms with van der Waals surface area (Å²) in [4.78, 5) is 16.3. The molecule has 0 aliphatic rings. The molecule has 0 bridgehead atoms. The number of nitrogens with two attached hydrogens (primary N) is 1. The standard InChI is InChI=1S/C25H21FN4O2/c1-16-11-17(26)13-19(12-16)30-25-23(24(27)31)14-20(15-28-25)29-18-7-9-22(10-8-18)32-21-5-3-2-4-6-21/h2-15,29H,1H3,(H2,27,31)(H,28,30). The van der Waals surface area contributed by atoms with E-state index in [1.54, 1.807) is 25.3 Å². The molecule has 3 aromatic carbocycles. The van der Waals surface area contributed by atoms with Crippen LogP contribution >= 0.6 is 0 Å². The number of ether oxygens (including phenoxy) is 1. The van der Waals surface area contributed by atoms with Crippen LogP contribution in [-0.4, -0.2) is 10.9 Å². The molecule has 1 aromatic heterocycles. The highest BCUT2D eigenvalue weighted by Gasteiger charge is 2.12. The van der Waals surface area contributed by atoms with Crippen LogP contribution in [0.2, 0.25) is 0 Å². The highest BCUT2D eigenvalue weighted by molar-refractivity contribution is 5.99. The Morgan fingerprint density at radius 3 is 2.28 bits per heavy atom. The van der Waals surface area contributed by atoms with Crippen LogP contribution in [0.1, 0.15) is 15.9 Å². The SMILES string of the molecule is Cc1cc(F)cc(Nc2ncc(Nc3ccc(Oc4ccccc4)cc3)cc2C(N)=O)c1. The lowest BCUT2D eigenvalue weighted by atomic mass is 10.2. The molecule has 6 nitrogen and oxygen atoms in total. The lowest BCUT2D eigenvalue weighted by Gasteiger charge is -2.13. The smallest absolute Gasteiger partial charge is 0.252 e. The van der Waals surface area contributed by atoms with E-state index in [0.717, 1.165) is 17.0 Å². The zero-order valence-electron chi connectivity index (χ0n) is 17.3. The molecule has 0 aliphatic heterocycles. The number of aryl methyl sites for hydroxylation is 1. The number of para-hydroxylation sites is 1. The van der Waals surface area contributed by atoms with Crippen molar-refractivity contribution in [3.63, 3.8) is 0 Å². The fraction of sp³-hybridized carbons (Fsp3) is 0.0400. The van der Waals surface area contributed by atoms with Crippen LogP contribution in [0.4, 0.5) is 27.3 Å². The van der Waals surface area contributed by atoms with Crippen LogP contribution in [0.5, 0.6) is 11.5 Å². The van der Waals surface area contributed by atoms with Crippen LogP contribution < -0.4 is 21.1 Å². The number of amides is 1. The largest absolute Gasteiger partial charge is 0.457 e. The third-order valence-corrected chi connectivity index (χ3v) is 4.58. The molecule has 0 fully saturated rings. The molecular weight excluding hydrogens is 407 g/mol. The Bertz CT molecular complexity index is 1220. The summed E-state index contributed by atoms with van der Waals surface area (Å²) in [7, 11) is 0. The van der Waals surface area contributed by atoms with Gasteiger partial charge in [0.05, 0.1) is 17.4 Å².